The van der Waals surface area contributed by atoms with Gasteiger partial charge in [0.2, 0.25) is 5.91 Å². The number of esters is 1. The van der Waals surface area contributed by atoms with Gasteiger partial charge in [0.15, 0.2) is 0 Å². The van der Waals surface area contributed by atoms with Crippen molar-refractivity contribution in [3.8, 4) is 0 Å². The third-order valence-electron chi connectivity index (χ3n) is 4.67. The van der Waals surface area contributed by atoms with E-state index in [0.717, 1.165) is 12.8 Å². The molecule has 5 heteroatoms. The van der Waals surface area contributed by atoms with Crippen molar-refractivity contribution >= 4 is 29.2 Å². The van der Waals surface area contributed by atoms with E-state index in [4.69, 9.17) is 11.6 Å². The topological polar surface area (TPSA) is 55.4 Å². The van der Waals surface area contributed by atoms with Gasteiger partial charge in [0.25, 0.3) is 0 Å². The molecule has 0 saturated carbocycles. The van der Waals surface area contributed by atoms with Crippen LogP contribution in [-0.4, -0.2) is 19.0 Å². The summed E-state index contributed by atoms with van der Waals surface area (Å²) in [4.78, 5) is 23.5. The summed E-state index contributed by atoms with van der Waals surface area (Å²) in [6.07, 6.45) is 14.4. The highest BCUT2D eigenvalue weighted by atomic mass is 35.5. The molecule has 1 amide bonds. The van der Waals surface area contributed by atoms with Gasteiger partial charge in [0.1, 0.15) is 0 Å². The Bertz CT molecular complexity index is 575. The summed E-state index contributed by atoms with van der Waals surface area (Å²) in [5, 5.41) is 3.10. The Kier molecular flexibility index (Phi) is 12.6. The van der Waals surface area contributed by atoms with E-state index in [1.165, 1.54) is 64.9 Å². The standard InChI is InChI=1S/C22H34ClNO3/c1-3-4-5-6-7-8-9-10-11-12-13-14-21(25)24-18-15-16-19(20(23)17-18)22(26)27-2/h15-17H,3-14H2,1-2H3,(H,24,25). The minimum Gasteiger partial charge on any atom is -0.465 e. The van der Waals surface area contributed by atoms with Gasteiger partial charge in [-0.3, -0.25) is 4.79 Å². The Hall–Kier alpha value is -1.55. The molecule has 4 nitrogen and oxygen atoms in total. The number of benzene rings is 1. The monoisotopic (exact) mass is 395 g/mol. The first-order valence-corrected chi connectivity index (χ1v) is 10.6. The lowest BCUT2D eigenvalue weighted by Crippen LogP contribution is -2.11. The first-order valence-electron chi connectivity index (χ1n) is 10.3. The third kappa shape index (κ3) is 10.4. The highest BCUT2D eigenvalue weighted by Gasteiger charge is 2.11. The molecule has 0 aliphatic carbocycles. The van der Waals surface area contributed by atoms with Crippen LogP contribution in [0.2, 0.25) is 5.02 Å². The molecule has 27 heavy (non-hydrogen) atoms. The van der Waals surface area contributed by atoms with Crippen molar-refractivity contribution in [3.63, 3.8) is 0 Å². The number of amides is 1. The van der Waals surface area contributed by atoms with E-state index in [1.807, 2.05) is 0 Å². The summed E-state index contributed by atoms with van der Waals surface area (Å²) >= 11 is 6.06. The summed E-state index contributed by atoms with van der Waals surface area (Å²) < 4.78 is 4.65. The van der Waals surface area contributed by atoms with Crippen LogP contribution in [0.1, 0.15) is 94.3 Å². The van der Waals surface area contributed by atoms with E-state index in [1.54, 1.807) is 18.2 Å². The number of carbonyl (C=O) groups is 2. The largest absolute Gasteiger partial charge is 0.465 e. The van der Waals surface area contributed by atoms with Crippen molar-refractivity contribution in [2.24, 2.45) is 0 Å². The first-order chi connectivity index (χ1) is 13.1. The quantitative estimate of drug-likeness (QED) is 0.279. The van der Waals surface area contributed by atoms with Gasteiger partial charge in [-0.15, -0.1) is 0 Å². The average Bonchev–Trinajstić information content (AvgIpc) is 2.65. The van der Waals surface area contributed by atoms with Crippen LogP contribution in [0.15, 0.2) is 18.2 Å². The van der Waals surface area contributed by atoms with Crippen molar-refractivity contribution < 1.29 is 14.3 Å². The normalized spacial score (nSPS) is 10.6. The van der Waals surface area contributed by atoms with Crippen molar-refractivity contribution in [1.82, 2.24) is 0 Å². The number of halogens is 1. The molecular formula is C22H34ClNO3. The molecule has 1 aromatic rings. The summed E-state index contributed by atoms with van der Waals surface area (Å²) in [5.74, 6) is -0.508. The predicted octanol–water partition coefficient (Wildman–Crippen LogP) is 6.77. The minimum absolute atomic E-state index is 0.0205. The summed E-state index contributed by atoms with van der Waals surface area (Å²) in [6.45, 7) is 2.25. The molecule has 152 valence electrons. The highest BCUT2D eigenvalue weighted by molar-refractivity contribution is 6.33. The number of hydrogen-bond donors (Lipinski definition) is 1. The van der Waals surface area contributed by atoms with Gasteiger partial charge in [-0.2, -0.15) is 0 Å². The molecule has 0 radical (unpaired) electrons. The number of ether oxygens (including phenoxy) is 1. The number of methoxy groups -OCH3 is 1. The first kappa shape index (κ1) is 23.5. The molecule has 0 aromatic heterocycles. The molecule has 1 aromatic carbocycles. The van der Waals surface area contributed by atoms with Crippen LogP contribution in [0.3, 0.4) is 0 Å². The van der Waals surface area contributed by atoms with Gasteiger partial charge in [0.05, 0.1) is 17.7 Å². The molecule has 0 bridgehead atoms. The Morgan fingerprint density at radius 2 is 1.48 bits per heavy atom. The van der Waals surface area contributed by atoms with Crippen LogP contribution < -0.4 is 5.32 Å². The summed E-state index contributed by atoms with van der Waals surface area (Å²) in [7, 11) is 1.31. The SMILES string of the molecule is CCCCCCCCCCCCCC(=O)Nc1ccc(C(=O)OC)c(Cl)c1. The fourth-order valence-corrected chi connectivity index (χ4v) is 3.30. The zero-order chi connectivity index (χ0) is 19.9. The maximum atomic E-state index is 12.0. The van der Waals surface area contributed by atoms with E-state index >= 15 is 0 Å². The second-order valence-corrected chi connectivity index (χ2v) is 7.43. The predicted molar refractivity (Wildman–Crippen MR) is 112 cm³/mol. The molecule has 1 N–H and O–H groups in total. The molecule has 0 heterocycles. The van der Waals surface area contributed by atoms with Crippen LogP contribution in [0.5, 0.6) is 0 Å². The lowest BCUT2D eigenvalue weighted by atomic mass is 10.1. The van der Waals surface area contributed by atoms with Gasteiger partial charge < -0.3 is 10.1 Å². The smallest absolute Gasteiger partial charge is 0.339 e. The maximum absolute atomic E-state index is 12.0. The minimum atomic E-state index is -0.487. The molecule has 0 unspecified atom stereocenters. The van der Waals surface area contributed by atoms with Crippen LogP contribution in [0.4, 0.5) is 5.69 Å². The fourth-order valence-electron chi connectivity index (χ4n) is 3.04. The molecule has 0 atom stereocenters. The van der Waals surface area contributed by atoms with Crippen LogP contribution in [-0.2, 0) is 9.53 Å². The lowest BCUT2D eigenvalue weighted by Gasteiger charge is -2.08. The van der Waals surface area contributed by atoms with E-state index in [9.17, 15) is 9.59 Å². The second kappa shape index (κ2) is 14.5. The number of nitrogens with one attached hydrogen (secondary N) is 1. The molecule has 0 fully saturated rings. The van der Waals surface area contributed by atoms with E-state index in [0.29, 0.717) is 17.7 Å². The maximum Gasteiger partial charge on any atom is 0.339 e. The van der Waals surface area contributed by atoms with E-state index in [-0.39, 0.29) is 10.9 Å². The zero-order valence-corrected chi connectivity index (χ0v) is 17.6. The van der Waals surface area contributed by atoms with Gasteiger partial charge >= 0.3 is 5.97 Å². The van der Waals surface area contributed by atoms with Gasteiger partial charge in [-0.1, -0.05) is 82.7 Å². The van der Waals surface area contributed by atoms with Crippen molar-refractivity contribution in [2.75, 3.05) is 12.4 Å². The molecule has 0 spiro atoms. The Morgan fingerprint density at radius 1 is 0.926 bits per heavy atom. The second-order valence-electron chi connectivity index (χ2n) is 7.02. The number of unbranched alkanes of at least 4 members (excludes halogenated alkanes) is 10. The highest BCUT2D eigenvalue weighted by Crippen LogP contribution is 2.22. The number of carbonyl (C=O) groups excluding carboxylic acids is 2. The molecule has 1 rings (SSSR count). The van der Waals surface area contributed by atoms with Crippen molar-refractivity contribution in [1.29, 1.82) is 0 Å². The average molecular weight is 396 g/mol. The lowest BCUT2D eigenvalue weighted by molar-refractivity contribution is -0.116. The van der Waals surface area contributed by atoms with Crippen molar-refractivity contribution in [3.05, 3.63) is 28.8 Å². The Balaban J connectivity index is 2.11. The van der Waals surface area contributed by atoms with Crippen molar-refractivity contribution in [2.45, 2.75) is 84.0 Å². The molecular weight excluding hydrogens is 362 g/mol. The Labute approximate surface area is 169 Å². The fraction of sp³-hybridized carbons (Fsp3) is 0.636. The third-order valence-corrected chi connectivity index (χ3v) is 4.98. The number of rotatable bonds is 14. The van der Waals surface area contributed by atoms with Gasteiger partial charge in [-0.05, 0) is 24.6 Å². The van der Waals surface area contributed by atoms with Crippen LogP contribution >= 0.6 is 11.6 Å². The number of anilines is 1. The summed E-state index contributed by atoms with van der Waals surface area (Å²) in [6, 6.07) is 4.80. The zero-order valence-electron chi connectivity index (χ0n) is 16.8. The number of hydrogen-bond acceptors (Lipinski definition) is 3. The van der Waals surface area contributed by atoms with Gasteiger partial charge in [-0.25, -0.2) is 4.79 Å². The summed E-state index contributed by atoms with van der Waals surface area (Å²) in [5.41, 5.74) is 0.892. The van der Waals surface area contributed by atoms with Crippen LogP contribution in [0.25, 0.3) is 0 Å². The Morgan fingerprint density at radius 3 is 2.00 bits per heavy atom. The van der Waals surface area contributed by atoms with E-state index < -0.39 is 5.97 Å². The molecule has 0 saturated heterocycles. The van der Waals surface area contributed by atoms with Gasteiger partial charge in [0, 0.05) is 12.1 Å². The molecule has 0 aliphatic heterocycles. The van der Waals surface area contributed by atoms with E-state index in [2.05, 4.69) is 17.0 Å². The van der Waals surface area contributed by atoms with Crippen LogP contribution in [0, 0.1) is 0 Å². The molecule has 0 aliphatic rings.